The Morgan fingerprint density at radius 2 is 1.70 bits per heavy atom. The maximum absolute atomic E-state index is 12.6. The number of likely N-dealkylation sites (N-methyl/N-ethyl adjacent to an activating group) is 1. The molecule has 2 atom stereocenters. The lowest BCUT2D eigenvalue weighted by Crippen LogP contribution is -2.46. The Bertz CT molecular complexity index is 806. The standard InChI is InChI=1S/C20H22N2O5/c1-3-21-18(23)12-25-15-10-8-14(9-11-15)22-20(24)19-13(2)26-16-6-4-5-7-17(16)27-19/h4-11,13,19H,3,12H2,1-2H3,(H,21,23)(H,22,24). The van der Waals surface area contributed by atoms with Gasteiger partial charge in [-0.05, 0) is 50.2 Å². The predicted octanol–water partition coefficient (Wildman–Crippen LogP) is 2.37. The summed E-state index contributed by atoms with van der Waals surface area (Å²) >= 11 is 0. The van der Waals surface area contributed by atoms with Crippen molar-refractivity contribution in [1.29, 1.82) is 0 Å². The van der Waals surface area contributed by atoms with Gasteiger partial charge in [0.1, 0.15) is 11.9 Å². The number of rotatable bonds is 6. The molecule has 2 N–H and O–H groups in total. The largest absolute Gasteiger partial charge is 0.484 e. The van der Waals surface area contributed by atoms with Crippen molar-refractivity contribution in [1.82, 2.24) is 5.32 Å². The molecule has 0 saturated carbocycles. The van der Waals surface area contributed by atoms with Gasteiger partial charge in [0.15, 0.2) is 18.1 Å². The quantitative estimate of drug-likeness (QED) is 0.815. The molecule has 0 saturated heterocycles. The van der Waals surface area contributed by atoms with E-state index < -0.39 is 12.2 Å². The number of hydrogen-bond acceptors (Lipinski definition) is 5. The Balaban J connectivity index is 1.57. The van der Waals surface area contributed by atoms with Crippen LogP contribution in [-0.4, -0.2) is 37.2 Å². The normalized spacial score (nSPS) is 17.7. The zero-order valence-electron chi connectivity index (χ0n) is 15.2. The number of ether oxygens (including phenoxy) is 3. The lowest BCUT2D eigenvalue weighted by molar-refractivity contribution is -0.128. The second-order valence-electron chi connectivity index (χ2n) is 6.06. The first-order valence-electron chi connectivity index (χ1n) is 8.79. The number of benzene rings is 2. The van der Waals surface area contributed by atoms with Crippen LogP contribution in [0, 0.1) is 0 Å². The van der Waals surface area contributed by atoms with Crippen LogP contribution in [0.5, 0.6) is 17.2 Å². The van der Waals surface area contributed by atoms with Gasteiger partial charge in [-0.1, -0.05) is 12.1 Å². The van der Waals surface area contributed by atoms with E-state index in [-0.39, 0.29) is 18.4 Å². The zero-order chi connectivity index (χ0) is 19.2. The Hall–Kier alpha value is -3.22. The molecule has 0 bridgehead atoms. The summed E-state index contributed by atoms with van der Waals surface area (Å²) < 4.78 is 16.9. The predicted molar refractivity (Wildman–Crippen MR) is 100 cm³/mol. The van der Waals surface area contributed by atoms with Crippen molar-refractivity contribution in [2.75, 3.05) is 18.5 Å². The Morgan fingerprint density at radius 3 is 2.37 bits per heavy atom. The third-order valence-corrected chi connectivity index (χ3v) is 3.97. The molecule has 27 heavy (non-hydrogen) atoms. The SMILES string of the molecule is CCNC(=O)COc1ccc(NC(=O)C2Oc3ccccc3OC2C)cc1. The lowest BCUT2D eigenvalue weighted by Gasteiger charge is -2.31. The molecule has 0 spiro atoms. The van der Waals surface area contributed by atoms with Gasteiger partial charge in [-0.15, -0.1) is 0 Å². The van der Waals surface area contributed by atoms with E-state index in [1.54, 1.807) is 43.3 Å². The molecule has 1 aliphatic heterocycles. The van der Waals surface area contributed by atoms with Gasteiger partial charge in [0.05, 0.1) is 0 Å². The van der Waals surface area contributed by atoms with Crippen LogP contribution in [0.3, 0.4) is 0 Å². The average molecular weight is 370 g/mol. The number of hydrogen-bond donors (Lipinski definition) is 2. The van der Waals surface area contributed by atoms with Crippen molar-refractivity contribution >= 4 is 17.5 Å². The fraction of sp³-hybridized carbons (Fsp3) is 0.300. The van der Waals surface area contributed by atoms with Gasteiger partial charge in [-0.3, -0.25) is 9.59 Å². The molecule has 0 fully saturated rings. The fourth-order valence-corrected chi connectivity index (χ4v) is 2.65. The van der Waals surface area contributed by atoms with E-state index in [9.17, 15) is 9.59 Å². The van der Waals surface area contributed by atoms with Crippen LogP contribution in [0.15, 0.2) is 48.5 Å². The van der Waals surface area contributed by atoms with E-state index in [4.69, 9.17) is 14.2 Å². The van der Waals surface area contributed by atoms with Crippen molar-refractivity contribution in [3.63, 3.8) is 0 Å². The molecule has 1 aliphatic rings. The van der Waals surface area contributed by atoms with Gasteiger partial charge in [0.25, 0.3) is 11.8 Å². The number of carbonyl (C=O) groups is 2. The summed E-state index contributed by atoms with van der Waals surface area (Å²) in [5.41, 5.74) is 0.597. The first-order chi connectivity index (χ1) is 13.1. The summed E-state index contributed by atoms with van der Waals surface area (Å²) in [7, 11) is 0. The van der Waals surface area contributed by atoms with Crippen LogP contribution in [-0.2, 0) is 9.59 Å². The molecule has 7 heteroatoms. The summed E-state index contributed by atoms with van der Waals surface area (Å²) in [5.74, 6) is 1.23. The van der Waals surface area contributed by atoms with E-state index in [0.717, 1.165) is 0 Å². The fourth-order valence-electron chi connectivity index (χ4n) is 2.65. The van der Waals surface area contributed by atoms with E-state index >= 15 is 0 Å². The molecule has 1 heterocycles. The Morgan fingerprint density at radius 1 is 1.04 bits per heavy atom. The minimum atomic E-state index is -0.756. The summed E-state index contributed by atoms with van der Waals surface area (Å²) in [5, 5.41) is 5.46. The van der Waals surface area contributed by atoms with Gasteiger partial charge in [0.2, 0.25) is 6.10 Å². The van der Waals surface area contributed by atoms with E-state index in [1.807, 2.05) is 19.1 Å². The minimum absolute atomic E-state index is 0.0519. The van der Waals surface area contributed by atoms with Crippen LogP contribution in [0.25, 0.3) is 0 Å². The van der Waals surface area contributed by atoms with Crippen molar-refractivity contribution in [3.8, 4) is 17.2 Å². The van der Waals surface area contributed by atoms with Crippen LogP contribution in [0.2, 0.25) is 0 Å². The second-order valence-corrected chi connectivity index (χ2v) is 6.06. The highest BCUT2D eigenvalue weighted by Gasteiger charge is 2.34. The molecule has 0 aliphatic carbocycles. The van der Waals surface area contributed by atoms with Crippen molar-refractivity contribution < 1.29 is 23.8 Å². The van der Waals surface area contributed by atoms with Crippen LogP contribution < -0.4 is 24.8 Å². The number of amides is 2. The summed E-state index contributed by atoms with van der Waals surface area (Å²) in [6.45, 7) is 4.14. The Labute approximate surface area is 157 Å². The van der Waals surface area contributed by atoms with Gasteiger partial charge in [-0.25, -0.2) is 0 Å². The zero-order valence-corrected chi connectivity index (χ0v) is 15.2. The molecule has 2 aromatic carbocycles. The monoisotopic (exact) mass is 370 g/mol. The highest BCUT2D eigenvalue weighted by molar-refractivity contribution is 5.95. The number of para-hydroxylation sites is 2. The smallest absolute Gasteiger partial charge is 0.269 e. The highest BCUT2D eigenvalue weighted by atomic mass is 16.6. The molecule has 3 rings (SSSR count). The Kier molecular flexibility index (Phi) is 5.80. The van der Waals surface area contributed by atoms with Crippen LogP contribution in [0.4, 0.5) is 5.69 Å². The van der Waals surface area contributed by atoms with E-state index in [1.165, 1.54) is 0 Å². The summed E-state index contributed by atoms with van der Waals surface area (Å²) in [6.07, 6.45) is -1.17. The summed E-state index contributed by atoms with van der Waals surface area (Å²) in [6, 6.07) is 14.0. The van der Waals surface area contributed by atoms with Gasteiger partial charge < -0.3 is 24.8 Å². The van der Waals surface area contributed by atoms with Gasteiger partial charge in [-0.2, -0.15) is 0 Å². The third-order valence-electron chi connectivity index (χ3n) is 3.97. The molecular formula is C20H22N2O5. The van der Waals surface area contributed by atoms with Crippen LogP contribution >= 0.6 is 0 Å². The molecule has 0 aromatic heterocycles. The number of anilines is 1. The average Bonchev–Trinajstić information content (AvgIpc) is 2.67. The number of carbonyl (C=O) groups excluding carboxylic acids is 2. The molecule has 7 nitrogen and oxygen atoms in total. The van der Waals surface area contributed by atoms with Crippen LogP contribution in [0.1, 0.15) is 13.8 Å². The minimum Gasteiger partial charge on any atom is -0.484 e. The number of nitrogens with one attached hydrogen (secondary N) is 2. The topological polar surface area (TPSA) is 85.9 Å². The second kappa shape index (κ2) is 8.44. The van der Waals surface area contributed by atoms with Gasteiger partial charge in [0, 0.05) is 12.2 Å². The van der Waals surface area contributed by atoms with Gasteiger partial charge >= 0.3 is 0 Å². The van der Waals surface area contributed by atoms with E-state index in [0.29, 0.717) is 29.5 Å². The van der Waals surface area contributed by atoms with Crippen molar-refractivity contribution in [3.05, 3.63) is 48.5 Å². The molecule has 2 unspecified atom stereocenters. The first-order valence-corrected chi connectivity index (χ1v) is 8.79. The summed E-state index contributed by atoms with van der Waals surface area (Å²) in [4.78, 5) is 24.0. The van der Waals surface area contributed by atoms with E-state index in [2.05, 4.69) is 10.6 Å². The number of fused-ring (bicyclic) bond motifs is 1. The maximum atomic E-state index is 12.6. The third kappa shape index (κ3) is 4.69. The molecular weight excluding hydrogens is 348 g/mol. The van der Waals surface area contributed by atoms with Crippen molar-refractivity contribution in [2.24, 2.45) is 0 Å². The molecule has 142 valence electrons. The first kappa shape index (κ1) is 18.6. The molecule has 2 amide bonds. The van der Waals surface area contributed by atoms with Crippen molar-refractivity contribution in [2.45, 2.75) is 26.1 Å². The highest BCUT2D eigenvalue weighted by Crippen LogP contribution is 2.33. The molecule has 0 radical (unpaired) electrons. The maximum Gasteiger partial charge on any atom is 0.269 e. The lowest BCUT2D eigenvalue weighted by atomic mass is 10.1. The molecule has 2 aromatic rings.